The zero-order valence-electron chi connectivity index (χ0n) is 18.4. The molecule has 2 amide bonds. The molecule has 29 heavy (non-hydrogen) atoms. The molecule has 4 nitrogen and oxygen atoms in total. The number of nitrogens with one attached hydrogen (secondary N) is 1. The van der Waals surface area contributed by atoms with Crippen LogP contribution in [0, 0.1) is 12.8 Å². The maximum Gasteiger partial charge on any atom is 0.318 e. The van der Waals surface area contributed by atoms with Gasteiger partial charge < -0.3 is 15.1 Å². The second-order valence-electron chi connectivity index (χ2n) is 9.06. The summed E-state index contributed by atoms with van der Waals surface area (Å²) in [5, 5.41) is 4.13. The van der Waals surface area contributed by atoms with Crippen LogP contribution >= 0.6 is 11.6 Å². The van der Waals surface area contributed by atoms with Gasteiger partial charge in [-0.1, -0.05) is 49.9 Å². The number of hydrogen-bond acceptors (Lipinski definition) is 2. The summed E-state index contributed by atoms with van der Waals surface area (Å²) in [7, 11) is 2.18. The molecule has 1 aromatic rings. The van der Waals surface area contributed by atoms with E-state index in [2.05, 4.69) is 35.2 Å². The highest BCUT2D eigenvalue weighted by molar-refractivity contribution is 6.31. The van der Waals surface area contributed by atoms with Gasteiger partial charge in [0.2, 0.25) is 0 Å². The highest BCUT2D eigenvalue weighted by Gasteiger charge is 2.30. The Bertz CT molecular complexity index is 666. The fraction of sp³-hybridized carbons (Fsp3) is 0.708. The van der Waals surface area contributed by atoms with Crippen LogP contribution in [0.3, 0.4) is 0 Å². The lowest BCUT2D eigenvalue weighted by Crippen LogP contribution is -2.52. The molecule has 1 saturated heterocycles. The van der Waals surface area contributed by atoms with Crippen LogP contribution in [0.1, 0.15) is 75.5 Å². The number of likely N-dealkylation sites (tertiary alicyclic amines) is 1. The molecule has 1 heterocycles. The molecule has 2 fully saturated rings. The van der Waals surface area contributed by atoms with Gasteiger partial charge in [0.15, 0.2) is 0 Å². The van der Waals surface area contributed by atoms with Gasteiger partial charge in [0.05, 0.1) is 6.04 Å². The van der Waals surface area contributed by atoms with Crippen molar-refractivity contribution in [3.8, 4) is 0 Å². The molecular weight excluding hydrogens is 382 g/mol. The minimum Gasteiger partial charge on any atom is -0.331 e. The molecule has 1 aliphatic carbocycles. The number of halogens is 1. The van der Waals surface area contributed by atoms with Gasteiger partial charge in [-0.05, 0) is 82.3 Å². The summed E-state index contributed by atoms with van der Waals surface area (Å²) in [6.45, 7) is 7.23. The largest absolute Gasteiger partial charge is 0.331 e. The monoisotopic (exact) mass is 419 g/mol. The average molecular weight is 420 g/mol. The quantitative estimate of drug-likeness (QED) is 0.633. The fourth-order valence-corrected chi connectivity index (χ4v) is 5.17. The smallest absolute Gasteiger partial charge is 0.318 e. The SMILES string of the molecule is CCC(NC(=O)N(CC1CCCCC1)C1CCN(C)CC1)c1cccc(Cl)c1C. The predicted octanol–water partition coefficient (Wildman–Crippen LogP) is 5.79. The number of nitrogens with zero attached hydrogens (tertiary/aromatic N) is 2. The van der Waals surface area contributed by atoms with Crippen molar-refractivity contribution >= 4 is 17.6 Å². The first kappa shape index (κ1) is 22.4. The van der Waals surface area contributed by atoms with E-state index in [1.807, 2.05) is 19.1 Å². The van der Waals surface area contributed by atoms with Gasteiger partial charge in [-0.3, -0.25) is 0 Å². The van der Waals surface area contributed by atoms with Crippen molar-refractivity contribution in [2.75, 3.05) is 26.7 Å². The van der Waals surface area contributed by atoms with Crippen LogP contribution in [-0.2, 0) is 0 Å². The number of carbonyl (C=O) groups is 1. The van der Waals surface area contributed by atoms with E-state index < -0.39 is 0 Å². The first-order valence-corrected chi connectivity index (χ1v) is 11.9. The third kappa shape index (κ3) is 5.88. The molecule has 0 spiro atoms. The standard InChI is InChI=1S/C24H38ClN3O/c1-4-23(21-11-8-12-22(25)18(21)2)26-24(29)28(17-19-9-6-5-7-10-19)20-13-15-27(3)16-14-20/h8,11-12,19-20,23H,4-7,9-10,13-17H2,1-3H3,(H,26,29). The van der Waals surface area contributed by atoms with Crippen LogP contribution in [0.15, 0.2) is 18.2 Å². The van der Waals surface area contributed by atoms with E-state index in [4.69, 9.17) is 11.6 Å². The van der Waals surface area contributed by atoms with Crippen molar-refractivity contribution < 1.29 is 4.79 Å². The topological polar surface area (TPSA) is 35.6 Å². The third-order valence-corrected chi connectivity index (χ3v) is 7.37. The van der Waals surface area contributed by atoms with E-state index >= 15 is 0 Å². The van der Waals surface area contributed by atoms with Crippen molar-refractivity contribution in [1.82, 2.24) is 15.1 Å². The van der Waals surface area contributed by atoms with Crippen molar-refractivity contribution in [1.29, 1.82) is 0 Å². The molecule has 1 aliphatic heterocycles. The highest BCUT2D eigenvalue weighted by Crippen LogP contribution is 2.29. The molecule has 1 atom stereocenters. The lowest BCUT2D eigenvalue weighted by atomic mass is 9.88. The third-order valence-electron chi connectivity index (χ3n) is 6.96. The molecule has 1 aromatic carbocycles. The molecule has 1 saturated carbocycles. The Labute approximate surface area is 182 Å². The number of carbonyl (C=O) groups excluding carboxylic acids is 1. The molecule has 2 aliphatic rings. The van der Waals surface area contributed by atoms with E-state index in [-0.39, 0.29) is 12.1 Å². The van der Waals surface area contributed by atoms with Crippen LogP contribution in [0.25, 0.3) is 0 Å². The van der Waals surface area contributed by atoms with E-state index in [1.54, 1.807) is 0 Å². The number of urea groups is 1. The second-order valence-corrected chi connectivity index (χ2v) is 9.46. The summed E-state index contributed by atoms with van der Waals surface area (Å²) in [6.07, 6.45) is 9.51. The Morgan fingerprint density at radius 1 is 1.21 bits per heavy atom. The first-order chi connectivity index (χ1) is 14.0. The van der Waals surface area contributed by atoms with E-state index in [0.29, 0.717) is 12.0 Å². The van der Waals surface area contributed by atoms with Gasteiger partial charge in [0, 0.05) is 17.6 Å². The highest BCUT2D eigenvalue weighted by atomic mass is 35.5. The number of rotatable bonds is 6. The average Bonchev–Trinajstić information content (AvgIpc) is 2.74. The van der Waals surface area contributed by atoms with E-state index in [1.165, 1.54) is 32.1 Å². The van der Waals surface area contributed by atoms with Gasteiger partial charge >= 0.3 is 6.03 Å². The van der Waals surface area contributed by atoms with E-state index in [9.17, 15) is 4.79 Å². The molecular formula is C24H38ClN3O. The Morgan fingerprint density at radius 3 is 2.55 bits per heavy atom. The second kappa shape index (κ2) is 10.7. The van der Waals surface area contributed by atoms with Crippen molar-refractivity contribution in [3.63, 3.8) is 0 Å². The van der Waals surface area contributed by atoms with Gasteiger partial charge in [-0.25, -0.2) is 4.79 Å². The maximum absolute atomic E-state index is 13.5. The Hall–Kier alpha value is -1.26. The summed E-state index contributed by atoms with van der Waals surface area (Å²) in [6, 6.07) is 6.46. The number of piperidine rings is 1. The summed E-state index contributed by atoms with van der Waals surface area (Å²) in [4.78, 5) is 18.1. The minimum absolute atomic E-state index is 0.00122. The van der Waals surface area contributed by atoms with Crippen LogP contribution < -0.4 is 5.32 Å². The summed E-state index contributed by atoms with van der Waals surface area (Å²) >= 11 is 6.35. The Morgan fingerprint density at radius 2 is 1.90 bits per heavy atom. The molecule has 162 valence electrons. The van der Waals surface area contributed by atoms with Crippen LogP contribution in [0.2, 0.25) is 5.02 Å². The normalized spacial score (nSPS) is 20.4. The number of hydrogen-bond donors (Lipinski definition) is 1. The molecule has 3 rings (SSSR count). The lowest BCUT2D eigenvalue weighted by molar-refractivity contribution is 0.111. The molecule has 5 heteroatoms. The van der Waals surface area contributed by atoms with Crippen LogP contribution in [0.4, 0.5) is 4.79 Å². The lowest BCUT2D eigenvalue weighted by Gasteiger charge is -2.40. The van der Waals surface area contributed by atoms with Crippen molar-refractivity contribution in [3.05, 3.63) is 34.3 Å². The minimum atomic E-state index is 0.00122. The summed E-state index contributed by atoms with van der Waals surface area (Å²) < 4.78 is 0. The number of amides is 2. The molecule has 0 bridgehead atoms. The molecule has 0 aromatic heterocycles. The Kier molecular flexibility index (Phi) is 8.25. The maximum atomic E-state index is 13.5. The number of benzene rings is 1. The van der Waals surface area contributed by atoms with Gasteiger partial charge in [-0.15, -0.1) is 0 Å². The van der Waals surface area contributed by atoms with Crippen LogP contribution in [0.5, 0.6) is 0 Å². The Balaban J connectivity index is 1.74. The van der Waals surface area contributed by atoms with Gasteiger partial charge in [0.25, 0.3) is 0 Å². The zero-order valence-corrected chi connectivity index (χ0v) is 19.2. The fourth-order valence-electron chi connectivity index (χ4n) is 4.99. The van der Waals surface area contributed by atoms with Crippen molar-refractivity contribution in [2.45, 2.75) is 77.3 Å². The first-order valence-electron chi connectivity index (χ1n) is 11.5. The molecule has 1 unspecified atom stereocenters. The van der Waals surface area contributed by atoms with Gasteiger partial charge in [0.1, 0.15) is 0 Å². The predicted molar refractivity (Wildman–Crippen MR) is 122 cm³/mol. The molecule has 1 N–H and O–H groups in total. The zero-order chi connectivity index (χ0) is 20.8. The molecule has 0 radical (unpaired) electrons. The summed E-state index contributed by atoms with van der Waals surface area (Å²) in [5.41, 5.74) is 2.20. The van der Waals surface area contributed by atoms with Crippen molar-refractivity contribution in [2.24, 2.45) is 5.92 Å². The van der Waals surface area contributed by atoms with Crippen LogP contribution in [-0.4, -0.2) is 48.6 Å². The van der Waals surface area contributed by atoms with Gasteiger partial charge in [-0.2, -0.15) is 0 Å². The van der Waals surface area contributed by atoms with E-state index in [0.717, 1.165) is 55.0 Å². The summed E-state index contributed by atoms with van der Waals surface area (Å²) in [5.74, 6) is 0.655.